The molecule has 1 heterocycles. The fourth-order valence-electron chi connectivity index (χ4n) is 1.41. The SMILES string of the molecule is CCC(CO)NCc1cn(C)nc1C. The quantitative estimate of drug-likeness (QED) is 0.726. The largest absolute Gasteiger partial charge is 0.395 e. The Morgan fingerprint density at radius 3 is 2.79 bits per heavy atom. The second-order valence-electron chi connectivity index (χ2n) is 3.58. The molecule has 0 aliphatic rings. The van der Waals surface area contributed by atoms with Gasteiger partial charge in [0.25, 0.3) is 0 Å². The molecule has 0 aromatic carbocycles. The van der Waals surface area contributed by atoms with E-state index in [2.05, 4.69) is 17.3 Å². The summed E-state index contributed by atoms with van der Waals surface area (Å²) in [6.45, 7) is 5.02. The Hall–Kier alpha value is -0.870. The van der Waals surface area contributed by atoms with E-state index in [1.807, 2.05) is 24.9 Å². The molecule has 0 bridgehead atoms. The van der Waals surface area contributed by atoms with Gasteiger partial charge in [-0.25, -0.2) is 0 Å². The monoisotopic (exact) mass is 197 g/mol. The molecule has 1 atom stereocenters. The molecule has 1 aromatic heterocycles. The van der Waals surface area contributed by atoms with E-state index < -0.39 is 0 Å². The van der Waals surface area contributed by atoms with Gasteiger partial charge in [-0.1, -0.05) is 6.92 Å². The number of aliphatic hydroxyl groups is 1. The molecule has 80 valence electrons. The van der Waals surface area contributed by atoms with Crippen LogP contribution in [0.3, 0.4) is 0 Å². The summed E-state index contributed by atoms with van der Waals surface area (Å²) in [7, 11) is 1.92. The normalized spacial score (nSPS) is 13.1. The van der Waals surface area contributed by atoms with E-state index in [4.69, 9.17) is 5.11 Å². The molecule has 0 spiro atoms. The summed E-state index contributed by atoms with van der Waals surface area (Å²) in [6.07, 6.45) is 2.95. The molecule has 4 heteroatoms. The van der Waals surface area contributed by atoms with Crippen LogP contribution in [0.1, 0.15) is 24.6 Å². The average Bonchev–Trinajstić information content (AvgIpc) is 2.47. The molecular weight excluding hydrogens is 178 g/mol. The van der Waals surface area contributed by atoms with Gasteiger partial charge in [0.05, 0.1) is 12.3 Å². The first-order valence-corrected chi connectivity index (χ1v) is 5.00. The van der Waals surface area contributed by atoms with Crippen LogP contribution in [-0.4, -0.2) is 27.5 Å². The van der Waals surface area contributed by atoms with Crippen LogP contribution in [0.4, 0.5) is 0 Å². The third-order valence-corrected chi connectivity index (χ3v) is 2.41. The first kappa shape index (κ1) is 11.2. The molecular formula is C10H19N3O. The number of aliphatic hydroxyl groups excluding tert-OH is 1. The Kier molecular flexibility index (Phi) is 4.10. The lowest BCUT2D eigenvalue weighted by Gasteiger charge is -2.12. The van der Waals surface area contributed by atoms with Crippen LogP contribution in [0.15, 0.2) is 6.20 Å². The van der Waals surface area contributed by atoms with Gasteiger partial charge >= 0.3 is 0 Å². The number of aryl methyl sites for hydroxylation is 2. The molecule has 0 fully saturated rings. The molecule has 14 heavy (non-hydrogen) atoms. The smallest absolute Gasteiger partial charge is 0.0638 e. The standard InChI is InChI=1S/C10H19N3O/c1-4-10(7-14)11-5-9-6-13(3)12-8(9)2/h6,10-11,14H,4-5,7H2,1-3H3. The maximum atomic E-state index is 9.00. The minimum atomic E-state index is 0.189. The first-order valence-electron chi connectivity index (χ1n) is 5.00. The zero-order valence-electron chi connectivity index (χ0n) is 9.12. The van der Waals surface area contributed by atoms with Gasteiger partial charge in [0.1, 0.15) is 0 Å². The summed E-state index contributed by atoms with van der Waals surface area (Å²) in [5, 5.41) is 16.5. The second kappa shape index (κ2) is 5.12. The third-order valence-electron chi connectivity index (χ3n) is 2.41. The highest BCUT2D eigenvalue weighted by atomic mass is 16.3. The van der Waals surface area contributed by atoms with Crippen molar-refractivity contribution in [3.63, 3.8) is 0 Å². The predicted octanol–water partition coefficient (Wildman–Crippen LogP) is 0.589. The number of hydrogen-bond donors (Lipinski definition) is 2. The Morgan fingerprint density at radius 2 is 2.36 bits per heavy atom. The lowest BCUT2D eigenvalue weighted by Crippen LogP contribution is -2.31. The molecule has 0 radical (unpaired) electrons. The average molecular weight is 197 g/mol. The molecule has 1 unspecified atom stereocenters. The van der Waals surface area contributed by atoms with Crippen molar-refractivity contribution in [1.29, 1.82) is 0 Å². The molecule has 0 saturated heterocycles. The van der Waals surface area contributed by atoms with Gasteiger partial charge < -0.3 is 10.4 Å². The Bertz CT molecular complexity index is 279. The van der Waals surface area contributed by atoms with Gasteiger partial charge in [-0.15, -0.1) is 0 Å². The van der Waals surface area contributed by atoms with Gasteiger partial charge in [-0.3, -0.25) is 4.68 Å². The maximum absolute atomic E-state index is 9.00. The van der Waals surface area contributed by atoms with Crippen molar-refractivity contribution in [2.24, 2.45) is 7.05 Å². The Balaban J connectivity index is 2.48. The van der Waals surface area contributed by atoms with E-state index in [0.717, 1.165) is 18.7 Å². The van der Waals surface area contributed by atoms with Crippen molar-refractivity contribution in [3.05, 3.63) is 17.5 Å². The van der Waals surface area contributed by atoms with E-state index in [-0.39, 0.29) is 12.6 Å². The second-order valence-corrected chi connectivity index (χ2v) is 3.58. The lowest BCUT2D eigenvalue weighted by molar-refractivity contribution is 0.238. The molecule has 1 aromatic rings. The lowest BCUT2D eigenvalue weighted by atomic mass is 10.2. The number of nitrogens with zero attached hydrogens (tertiary/aromatic N) is 2. The van der Waals surface area contributed by atoms with Gasteiger partial charge in [-0.05, 0) is 13.3 Å². The van der Waals surface area contributed by atoms with Crippen LogP contribution in [0.5, 0.6) is 0 Å². The maximum Gasteiger partial charge on any atom is 0.0638 e. The predicted molar refractivity (Wildman–Crippen MR) is 55.9 cm³/mol. The zero-order valence-corrected chi connectivity index (χ0v) is 9.12. The summed E-state index contributed by atoms with van der Waals surface area (Å²) in [4.78, 5) is 0. The minimum Gasteiger partial charge on any atom is -0.395 e. The van der Waals surface area contributed by atoms with Crippen LogP contribution in [0.2, 0.25) is 0 Å². The van der Waals surface area contributed by atoms with Gasteiger partial charge in [0.15, 0.2) is 0 Å². The van der Waals surface area contributed by atoms with Crippen LogP contribution in [0.25, 0.3) is 0 Å². The van der Waals surface area contributed by atoms with Crippen molar-refractivity contribution in [2.75, 3.05) is 6.61 Å². The molecule has 4 nitrogen and oxygen atoms in total. The highest BCUT2D eigenvalue weighted by Gasteiger charge is 2.06. The molecule has 1 rings (SSSR count). The van der Waals surface area contributed by atoms with Crippen molar-refractivity contribution in [2.45, 2.75) is 32.9 Å². The third kappa shape index (κ3) is 2.82. The topological polar surface area (TPSA) is 50.1 Å². The van der Waals surface area contributed by atoms with Crippen LogP contribution in [-0.2, 0) is 13.6 Å². The van der Waals surface area contributed by atoms with E-state index in [1.165, 1.54) is 5.56 Å². The Labute approximate surface area is 84.9 Å². The van der Waals surface area contributed by atoms with E-state index >= 15 is 0 Å². The summed E-state index contributed by atoms with van der Waals surface area (Å²) < 4.78 is 1.81. The first-order chi connectivity index (χ1) is 6.67. The summed E-state index contributed by atoms with van der Waals surface area (Å²) in [5.41, 5.74) is 2.24. The fraction of sp³-hybridized carbons (Fsp3) is 0.700. The van der Waals surface area contributed by atoms with Crippen molar-refractivity contribution in [1.82, 2.24) is 15.1 Å². The number of hydrogen-bond acceptors (Lipinski definition) is 3. The minimum absolute atomic E-state index is 0.189. The van der Waals surface area contributed by atoms with Crippen LogP contribution >= 0.6 is 0 Å². The zero-order chi connectivity index (χ0) is 10.6. The van der Waals surface area contributed by atoms with Crippen molar-refractivity contribution < 1.29 is 5.11 Å². The van der Waals surface area contributed by atoms with Crippen molar-refractivity contribution >= 4 is 0 Å². The molecule has 0 saturated carbocycles. The molecule has 0 aliphatic heterocycles. The molecule has 0 amide bonds. The van der Waals surface area contributed by atoms with E-state index in [9.17, 15) is 0 Å². The van der Waals surface area contributed by atoms with Crippen molar-refractivity contribution in [3.8, 4) is 0 Å². The van der Waals surface area contributed by atoms with Gasteiger partial charge in [0, 0.05) is 31.4 Å². The number of nitrogens with one attached hydrogen (secondary N) is 1. The fourth-order valence-corrected chi connectivity index (χ4v) is 1.41. The van der Waals surface area contributed by atoms with E-state index in [0.29, 0.717) is 0 Å². The summed E-state index contributed by atoms with van der Waals surface area (Å²) in [5.74, 6) is 0. The number of rotatable bonds is 5. The van der Waals surface area contributed by atoms with Gasteiger partial charge in [0.2, 0.25) is 0 Å². The summed E-state index contributed by atoms with van der Waals surface area (Å²) in [6, 6.07) is 0.189. The summed E-state index contributed by atoms with van der Waals surface area (Å²) >= 11 is 0. The van der Waals surface area contributed by atoms with Crippen LogP contribution < -0.4 is 5.32 Å². The van der Waals surface area contributed by atoms with Crippen LogP contribution in [0, 0.1) is 6.92 Å². The van der Waals surface area contributed by atoms with E-state index in [1.54, 1.807) is 0 Å². The number of aromatic nitrogens is 2. The van der Waals surface area contributed by atoms with Gasteiger partial charge in [-0.2, -0.15) is 5.10 Å². The molecule has 0 aliphatic carbocycles. The molecule has 2 N–H and O–H groups in total. The highest BCUT2D eigenvalue weighted by molar-refractivity contribution is 5.14. The Morgan fingerprint density at radius 1 is 1.64 bits per heavy atom. The highest BCUT2D eigenvalue weighted by Crippen LogP contribution is 2.04.